The lowest BCUT2D eigenvalue weighted by Gasteiger charge is -2.39. The van der Waals surface area contributed by atoms with Crippen LogP contribution in [-0.2, 0) is 6.42 Å². The molecule has 1 unspecified atom stereocenters. The number of amides is 2. The Kier molecular flexibility index (Phi) is 10.2. The molecule has 37 heavy (non-hydrogen) atoms. The first-order chi connectivity index (χ1) is 17.5. The quantitative estimate of drug-likeness (QED) is 0.371. The summed E-state index contributed by atoms with van der Waals surface area (Å²) in [5.41, 5.74) is 1.66. The molecule has 2 aromatic carbocycles. The lowest BCUT2D eigenvalue weighted by molar-refractivity contribution is 0.135. The standard InChI is InChI=1S/C28H39Cl2N3O4/c1-28(2,3)25(32-27(34)31-20-15-23(35-4)26(37-6)24(16-20)36-5)17-33-11-9-18(10-12-33)13-19-7-8-21(29)22(30)14-19/h7-8,14-16,18,25H,9-13,17H2,1-6H3,(H2,31,32,34). The molecule has 2 aromatic rings. The van der Waals surface area contributed by atoms with Gasteiger partial charge in [0.2, 0.25) is 5.75 Å². The highest BCUT2D eigenvalue weighted by atomic mass is 35.5. The van der Waals surface area contributed by atoms with Gasteiger partial charge in [0.1, 0.15) is 0 Å². The van der Waals surface area contributed by atoms with Gasteiger partial charge in [-0.05, 0) is 61.4 Å². The molecule has 3 rings (SSSR count). The number of methoxy groups -OCH3 is 3. The number of carbonyl (C=O) groups is 1. The molecule has 7 nitrogen and oxygen atoms in total. The number of piperidine rings is 1. The van der Waals surface area contributed by atoms with Crippen LogP contribution in [0.2, 0.25) is 10.0 Å². The Bertz CT molecular complexity index is 1040. The summed E-state index contributed by atoms with van der Waals surface area (Å²) < 4.78 is 16.2. The number of hydrogen-bond acceptors (Lipinski definition) is 5. The van der Waals surface area contributed by atoms with Gasteiger partial charge in [0.05, 0.1) is 37.1 Å². The summed E-state index contributed by atoms with van der Waals surface area (Å²) in [6.45, 7) is 9.21. The minimum atomic E-state index is -0.274. The molecule has 0 bridgehead atoms. The molecule has 2 N–H and O–H groups in total. The Hall–Kier alpha value is -2.35. The second-order valence-electron chi connectivity index (χ2n) is 10.6. The fourth-order valence-corrected chi connectivity index (χ4v) is 4.97. The molecule has 1 heterocycles. The average molecular weight is 553 g/mol. The van der Waals surface area contributed by atoms with E-state index in [9.17, 15) is 4.79 Å². The zero-order valence-corrected chi connectivity index (χ0v) is 24.1. The van der Waals surface area contributed by atoms with Gasteiger partial charge in [-0.25, -0.2) is 4.79 Å². The Morgan fingerprint density at radius 1 is 1.00 bits per heavy atom. The number of ether oxygens (including phenoxy) is 3. The third kappa shape index (κ3) is 8.06. The minimum Gasteiger partial charge on any atom is -0.493 e. The molecule has 1 saturated heterocycles. The first-order valence-electron chi connectivity index (χ1n) is 12.6. The van der Waals surface area contributed by atoms with Crippen molar-refractivity contribution in [1.29, 1.82) is 0 Å². The second kappa shape index (κ2) is 12.9. The van der Waals surface area contributed by atoms with Crippen molar-refractivity contribution in [1.82, 2.24) is 10.2 Å². The van der Waals surface area contributed by atoms with Crippen molar-refractivity contribution in [3.05, 3.63) is 45.9 Å². The molecule has 0 aromatic heterocycles. The number of nitrogens with one attached hydrogen (secondary N) is 2. The van der Waals surface area contributed by atoms with Crippen LogP contribution in [-0.4, -0.2) is 57.9 Å². The third-order valence-electron chi connectivity index (χ3n) is 6.93. The Morgan fingerprint density at radius 3 is 2.14 bits per heavy atom. The van der Waals surface area contributed by atoms with Gasteiger partial charge in [0.25, 0.3) is 0 Å². The van der Waals surface area contributed by atoms with Crippen LogP contribution in [0, 0.1) is 11.3 Å². The van der Waals surface area contributed by atoms with Crippen molar-refractivity contribution in [3.8, 4) is 17.2 Å². The number of anilines is 1. The molecular formula is C28H39Cl2N3O4. The zero-order valence-electron chi connectivity index (χ0n) is 22.6. The van der Waals surface area contributed by atoms with Gasteiger partial charge in [0.15, 0.2) is 11.5 Å². The van der Waals surface area contributed by atoms with Crippen LogP contribution in [0.3, 0.4) is 0 Å². The van der Waals surface area contributed by atoms with Crippen molar-refractivity contribution >= 4 is 34.9 Å². The fourth-order valence-electron chi connectivity index (χ4n) is 4.65. The number of halogens is 2. The van der Waals surface area contributed by atoms with Crippen LogP contribution in [0.4, 0.5) is 10.5 Å². The molecule has 1 aliphatic heterocycles. The van der Waals surface area contributed by atoms with E-state index in [2.05, 4.69) is 42.4 Å². The van der Waals surface area contributed by atoms with Crippen LogP contribution in [0.1, 0.15) is 39.2 Å². The maximum Gasteiger partial charge on any atom is 0.319 e. The van der Waals surface area contributed by atoms with Gasteiger partial charge in [-0.15, -0.1) is 0 Å². The summed E-state index contributed by atoms with van der Waals surface area (Å²) in [7, 11) is 4.64. The van der Waals surface area contributed by atoms with Crippen LogP contribution < -0.4 is 24.8 Å². The minimum absolute atomic E-state index is 0.0406. The average Bonchev–Trinajstić information content (AvgIpc) is 2.85. The number of likely N-dealkylation sites (tertiary alicyclic amines) is 1. The highest BCUT2D eigenvalue weighted by Crippen LogP contribution is 2.40. The highest BCUT2D eigenvalue weighted by molar-refractivity contribution is 6.42. The van der Waals surface area contributed by atoms with E-state index in [4.69, 9.17) is 37.4 Å². The lowest BCUT2D eigenvalue weighted by Crippen LogP contribution is -2.53. The maximum atomic E-state index is 13.0. The summed E-state index contributed by atoms with van der Waals surface area (Å²) in [5.74, 6) is 2.05. The molecule has 0 aliphatic carbocycles. The van der Waals surface area contributed by atoms with E-state index in [1.165, 1.54) is 5.56 Å². The van der Waals surface area contributed by atoms with Crippen molar-refractivity contribution in [2.75, 3.05) is 46.3 Å². The van der Waals surface area contributed by atoms with E-state index in [1.54, 1.807) is 33.5 Å². The van der Waals surface area contributed by atoms with E-state index in [-0.39, 0.29) is 17.5 Å². The molecule has 9 heteroatoms. The summed E-state index contributed by atoms with van der Waals surface area (Å²) >= 11 is 12.3. The van der Waals surface area contributed by atoms with E-state index in [0.717, 1.165) is 38.9 Å². The van der Waals surface area contributed by atoms with Crippen molar-refractivity contribution in [3.63, 3.8) is 0 Å². The van der Waals surface area contributed by atoms with E-state index >= 15 is 0 Å². The Morgan fingerprint density at radius 2 is 1.62 bits per heavy atom. The SMILES string of the molecule is COc1cc(NC(=O)NC(CN2CCC(Cc3ccc(Cl)c(Cl)c3)CC2)C(C)(C)C)cc(OC)c1OC. The van der Waals surface area contributed by atoms with Crippen LogP contribution in [0.15, 0.2) is 30.3 Å². The molecule has 2 amide bonds. The van der Waals surface area contributed by atoms with Gasteiger partial charge < -0.3 is 29.7 Å². The molecule has 0 saturated carbocycles. The number of nitrogens with zero attached hydrogens (tertiary/aromatic N) is 1. The number of rotatable bonds is 9. The van der Waals surface area contributed by atoms with E-state index in [1.807, 2.05) is 12.1 Å². The van der Waals surface area contributed by atoms with Crippen LogP contribution in [0.25, 0.3) is 0 Å². The fraction of sp³-hybridized carbons (Fsp3) is 0.536. The van der Waals surface area contributed by atoms with Gasteiger partial charge >= 0.3 is 6.03 Å². The second-order valence-corrected chi connectivity index (χ2v) is 11.4. The monoisotopic (exact) mass is 551 g/mol. The smallest absolute Gasteiger partial charge is 0.319 e. The Balaban J connectivity index is 1.58. The van der Waals surface area contributed by atoms with Crippen molar-refractivity contribution < 1.29 is 19.0 Å². The molecular weight excluding hydrogens is 513 g/mol. The Labute approximate surface area is 230 Å². The summed E-state index contributed by atoms with van der Waals surface area (Å²) in [6, 6.07) is 9.02. The van der Waals surface area contributed by atoms with Crippen molar-refractivity contribution in [2.45, 2.75) is 46.1 Å². The highest BCUT2D eigenvalue weighted by Gasteiger charge is 2.30. The first-order valence-corrected chi connectivity index (χ1v) is 13.3. The summed E-state index contributed by atoms with van der Waals surface area (Å²) in [4.78, 5) is 15.4. The number of urea groups is 1. The van der Waals surface area contributed by atoms with Gasteiger partial charge in [-0.3, -0.25) is 0 Å². The van der Waals surface area contributed by atoms with Gasteiger partial charge in [0, 0.05) is 24.7 Å². The lowest BCUT2D eigenvalue weighted by atomic mass is 9.85. The van der Waals surface area contributed by atoms with E-state index < -0.39 is 0 Å². The van der Waals surface area contributed by atoms with Gasteiger partial charge in [-0.1, -0.05) is 50.0 Å². The number of hydrogen-bond donors (Lipinski definition) is 2. The summed E-state index contributed by atoms with van der Waals surface area (Å²) in [6.07, 6.45) is 3.21. The predicted molar refractivity (Wildman–Crippen MR) is 151 cm³/mol. The largest absolute Gasteiger partial charge is 0.493 e. The van der Waals surface area contributed by atoms with E-state index in [0.29, 0.717) is 38.9 Å². The normalized spacial score (nSPS) is 15.7. The molecule has 0 spiro atoms. The van der Waals surface area contributed by atoms with Crippen LogP contribution >= 0.6 is 23.2 Å². The number of carbonyl (C=O) groups excluding carboxylic acids is 1. The van der Waals surface area contributed by atoms with Crippen LogP contribution in [0.5, 0.6) is 17.2 Å². The van der Waals surface area contributed by atoms with Gasteiger partial charge in [-0.2, -0.15) is 0 Å². The topological polar surface area (TPSA) is 72.1 Å². The first kappa shape index (κ1) is 29.2. The molecule has 1 aliphatic rings. The number of benzene rings is 2. The molecule has 1 fully saturated rings. The molecule has 0 radical (unpaired) electrons. The summed E-state index contributed by atoms with van der Waals surface area (Å²) in [5, 5.41) is 7.31. The predicted octanol–water partition coefficient (Wildman–Crippen LogP) is 6.51. The molecule has 1 atom stereocenters. The molecule has 204 valence electrons. The maximum absolute atomic E-state index is 13.0. The van der Waals surface area contributed by atoms with Crippen molar-refractivity contribution in [2.24, 2.45) is 11.3 Å². The zero-order chi connectivity index (χ0) is 27.2. The third-order valence-corrected chi connectivity index (χ3v) is 7.67.